The van der Waals surface area contributed by atoms with Crippen molar-refractivity contribution in [2.45, 2.75) is 46.3 Å². The van der Waals surface area contributed by atoms with E-state index in [0.29, 0.717) is 13.1 Å². The summed E-state index contributed by atoms with van der Waals surface area (Å²) in [4.78, 5) is 31.0. The van der Waals surface area contributed by atoms with Crippen LogP contribution in [0.4, 0.5) is 0 Å². The summed E-state index contributed by atoms with van der Waals surface area (Å²) < 4.78 is 5.30. The monoisotopic (exact) mass is 424 g/mol. The molecule has 0 fully saturated rings. The van der Waals surface area contributed by atoms with Crippen molar-refractivity contribution in [1.29, 1.82) is 0 Å². The maximum absolute atomic E-state index is 13.4. The smallest absolute Gasteiger partial charge is 0.290 e. The second-order valence-electron chi connectivity index (χ2n) is 7.43. The van der Waals surface area contributed by atoms with Gasteiger partial charge in [-0.25, -0.2) is 0 Å². The highest BCUT2D eigenvalue weighted by Crippen LogP contribution is 2.20. The average Bonchev–Trinajstić information content (AvgIpc) is 3.43. The van der Waals surface area contributed by atoms with Crippen molar-refractivity contribution in [3.63, 3.8) is 0 Å². The molecule has 3 rings (SSSR count). The van der Waals surface area contributed by atoms with Gasteiger partial charge in [-0.2, -0.15) is 0 Å². The van der Waals surface area contributed by atoms with Crippen LogP contribution in [0.5, 0.6) is 0 Å². The Labute approximate surface area is 181 Å². The molecule has 2 aromatic heterocycles. The molecule has 0 aliphatic carbocycles. The highest BCUT2D eigenvalue weighted by Gasteiger charge is 2.27. The molecule has 2 heterocycles. The topological polar surface area (TPSA) is 53.8 Å². The van der Waals surface area contributed by atoms with Gasteiger partial charge in [-0.15, -0.1) is 11.3 Å². The van der Waals surface area contributed by atoms with Crippen molar-refractivity contribution in [1.82, 2.24) is 9.80 Å². The highest BCUT2D eigenvalue weighted by molar-refractivity contribution is 7.10. The summed E-state index contributed by atoms with van der Waals surface area (Å²) in [5.41, 5.74) is 2.24. The number of hydrogen-bond acceptors (Lipinski definition) is 4. The van der Waals surface area contributed by atoms with Gasteiger partial charge in [-0.1, -0.05) is 37.3 Å². The molecule has 1 atom stereocenters. The number of furan rings is 1. The summed E-state index contributed by atoms with van der Waals surface area (Å²) >= 11 is 1.65. The molecule has 6 heteroatoms. The van der Waals surface area contributed by atoms with Gasteiger partial charge in [0.1, 0.15) is 6.54 Å². The summed E-state index contributed by atoms with van der Waals surface area (Å²) in [6.07, 6.45) is 2.23. The summed E-state index contributed by atoms with van der Waals surface area (Å²) in [5, 5.41) is 2.04. The molecule has 5 nitrogen and oxygen atoms in total. The van der Waals surface area contributed by atoms with Gasteiger partial charge < -0.3 is 14.2 Å². The molecule has 0 N–H and O–H groups in total. The molecule has 0 saturated heterocycles. The second kappa shape index (κ2) is 10.3. The molecule has 2 amide bonds. The van der Waals surface area contributed by atoms with Crippen LogP contribution in [-0.2, 0) is 17.9 Å². The molecule has 1 aromatic carbocycles. The second-order valence-corrected chi connectivity index (χ2v) is 8.43. The van der Waals surface area contributed by atoms with Crippen LogP contribution in [0, 0.1) is 6.92 Å². The molecule has 0 spiro atoms. The van der Waals surface area contributed by atoms with E-state index in [0.717, 1.165) is 16.9 Å². The lowest BCUT2D eigenvalue weighted by Crippen LogP contribution is -2.46. The van der Waals surface area contributed by atoms with E-state index in [1.54, 1.807) is 28.4 Å². The van der Waals surface area contributed by atoms with Gasteiger partial charge >= 0.3 is 0 Å². The van der Waals surface area contributed by atoms with Crippen LogP contribution in [0.3, 0.4) is 0 Å². The van der Waals surface area contributed by atoms with Gasteiger partial charge in [0.25, 0.3) is 5.91 Å². The summed E-state index contributed by atoms with van der Waals surface area (Å²) in [7, 11) is 0. The first-order valence-electron chi connectivity index (χ1n) is 10.2. The Morgan fingerprint density at radius 3 is 2.43 bits per heavy atom. The number of rotatable bonds is 9. The quantitative estimate of drug-likeness (QED) is 0.479. The van der Waals surface area contributed by atoms with E-state index in [1.807, 2.05) is 54.5 Å². The van der Waals surface area contributed by atoms with Crippen molar-refractivity contribution in [2.24, 2.45) is 0 Å². The van der Waals surface area contributed by atoms with Crippen molar-refractivity contribution in [2.75, 3.05) is 6.54 Å². The lowest BCUT2D eigenvalue weighted by Gasteiger charge is -2.31. The van der Waals surface area contributed by atoms with Crippen molar-refractivity contribution in [3.8, 4) is 0 Å². The van der Waals surface area contributed by atoms with Crippen molar-refractivity contribution in [3.05, 3.63) is 81.9 Å². The number of nitrogens with zero attached hydrogens (tertiary/aromatic N) is 2. The summed E-state index contributed by atoms with van der Waals surface area (Å²) in [5.74, 6) is -0.0756. The fraction of sp³-hybridized carbons (Fsp3) is 0.333. The SMILES string of the molecule is CC[C@H](C)N(CC(=O)N(Cc1ccccc1)Cc1sccc1C)C(=O)c1ccco1. The minimum absolute atomic E-state index is 0.0196. The fourth-order valence-electron chi connectivity index (χ4n) is 3.21. The van der Waals surface area contributed by atoms with E-state index in [2.05, 4.69) is 13.0 Å². The normalized spacial score (nSPS) is 11.8. The Balaban J connectivity index is 1.82. The van der Waals surface area contributed by atoms with Gasteiger partial charge in [0.2, 0.25) is 5.91 Å². The summed E-state index contributed by atoms with van der Waals surface area (Å²) in [6, 6.07) is 15.3. The Morgan fingerprint density at radius 2 is 1.83 bits per heavy atom. The van der Waals surface area contributed by atoms with E-state index in [1.165, 1.54) is 11.8 Å². The van der Waals surface area contributed by atoms with E-state index < -0.39 is 0 Å². The average molecular weight is 425 g/mol. The maximum Gasteiger partial charge on any atom is 0.290 e. The number of hydrogen-bond donors (Lipinski definition) is 0. The molecule has 30 heavy (non-hydrogen) atoms. The van der Waals surface area contributed by atoms with Crippen LogP contribution in [-0.4, -0.2) is 34.2 Å². The Hall–Kier alpha value is -2.86. The van der Waals surface area contributed by atoms with Crippen LogP contribution in [0.25, 0.3) is 0 Å². The van der Waals surface area contributed by atoms with Crippen LogP contribution >= 0.6 is 11.3 Å². The predicted molar refractivity (Wildman–Crippen MR) is 119 cm³/mol. The molecule has 158 valence electrons. The number of benzene rings is 1. The predicted octanol–water partition coefficient (Wildman–Crippen LogP) is 5.12. The van der Waals surface area contributed by atoms with E-state index in [4.69, 9.17) is 4.42 Å². The third kappa shape index (κ3) is 5.39. The van der Waals surface area contributed by atoms with E-state index in [-0.39, 0.29) is 30.2 Å². The van der Waals surface area contributed by atoms with E-state index in [9.17, 15) is 9.59 Å². The summed E-state index contributed by atoms with van der Waals surface area (Å²) in [6.45, 7) is 7.07. The van der Waals surface area contributed by atoms with Crippen molar-refractivity contribution < 1.29 is 14.0 Å². The van der Waals surface area contributed by atoms with Crippen LogP contribution in [0.2, 0.25) is 0 Å². The lowest BCUT2D eigenvalue weighted by atomic mass is 10.1. The largest absolute Gasteiger partial charge is 0.459 e. The zero-order valence-corrected chi connectivity index (χ0v) is 18.5. The number of thiophene rings is 1. The van der Waals surface area contributed by atoms with Crippen molar-refractivity contribution >= 4 is 23.2 Å². The number of carbonyl (C=O) groups is 2. The van der Waals surface area contributed by atoms with Crippen LogP contribution < -0.4 is 0 Å². The van der Waals surface area contributed by atoms with Gasteiger partial charge in [-0.05, 0) is 55.0 Å². The molecule has 0 bridgehead atoms. The molecule has 0 unspecified atom stereocenters. The molecule has 0 saturated carbocycles. The molecule has 0 aliphatic heterocycles. The van der Waals surface area contributed by atoms with Gasteiger partial charge in [-0.3, -0.25) is 9.59 Å². The Bertz CT molecular complexity index is 950. The van der Waals surface area contributed by atoms with Crippen LogP contribution in [0.1, 0.15) is 46.8 Å². The van der Waals surface area contributed by atoms with Gasteiger partial charge in [0, 0.05) is 17.5 Å². The molecule has 0 radical (unpaired) electrons. The molecule has 3 aromatic rings. The lowest BCUT2D eigenvalue weighted by molar-refractivity contribution is -0.133. The zero-order valence-electron chi connectivity index (χ0n) is 17.7. The van der Waals surface area contributed by atoms with E-state index >= 15 is 0 Å². The first kappa shape index (κ1) is 21.8. The minimum atomic E-state index is -0.255. The van der Waals surface area contributed by atoms with Crippen LogP contribution in [0.15, 0.2) is 64.6 Å². The fourth-order valence-corrected chi connectivity index (χ4v) is 4.13. The first-order valence-corrected chi connectivity index (χ1v) is 11.1. The molecular weight excluding hydrogens is 396 g/mol. The molecule has 0 aliphatic rings. The molecular formula is C24H28N2O3S. The Kier molecular flexibility index (Phi) is 7.46. The number of aryl methyl sites for hydroxylation is 1. The first-order chi connectivity index (χ1) is 14.5. The highest BCUT2D eigenvalue weighted by atomic mass is 32.1. The standard InChI is InChI=1S/C24H28N2O3S/c1-4-19(3)26(24(28)21-11-8-13-29-21)17-23(27)25(15-20-9-6-5-7-10-20)16-22-18(2)12-14-30-22/h5-14,19H,4,15-17H2,1-3H3/t19-/m0/s1. The number of amides is 2. The minimum Gasteiger partial charge on any atom is -0.459 e. The number of carbonyl (C=O) groups excluding carboxylic acids is 2. The third-order valence-electron chi connectivity index (χ3n) is 5.29. The Morgan fingerprint density at radius 1 is 1.07 bits per heavy atom. The van der Waals surface area contributed by atoms with Gasteiger partial charge in [0.05, 0.1) is 12.8 Å². The third-order valence-corrected chi connectivity index (χ3v) is 6.30. The zero-order chi connectivity index (χ0) is 21.5. The maximum atomic E-state index is 13.4. The van der Waals surface area contributed by atoms with Gasteiger partial charge in [0.15, 0.2) is 5.76 Å².